The SMILES string of the molecule is CCCc1nc(NC(C)=O)c2[nH]cnc2n1. The number of H-pyrrole nitrogens is 1. The van der Waals surface area contributed by atoms with E-state index in [0.29, 0.717) is 22.8 Å². The van der Waals surface area contributed by atoms with Gasteiger partial charge in [0.05, 0.1) is 6.33 Å². The number of rotatable bonds is 3. The van der Waals surface area contributed by atoms with Crippen molar-refractivity contribution in [2.75, 3.05) is 5.32 Å². The van der Waals surface area contributed by atoms with E-state index in [-0.39, 0.29) is 5.91 Å². The van der Waals surface area contributed by atoms with Crippen molar-refractivity contribution in [1.82, 2.24) is 19.9 Å². The van der Waals surface area contributed by atoms with Gasteiger partial charge in [-0.3, -0.25) is 4.79 Å². The van der Waals surface area contributed by atoms with Crippen molar-refractivity contribution >= 4 is 22.9 Å². The summed E-state index contributed by atoms with van der Waals surface area (Å²) in [5.74, 6) is 1.04. The van der Waals surface area contributed by atoms with Crippen molar-refractivity contribution in [3.8, 4) is 0 Å². The molecule has 0 saturated heterocycles. The highest BCUT2D eigenvalue weighted by Gasteiger charge is 2.10. The number of aromatic amines is 1. The Kier molecular flexibility index (Phi) is 2.80. The summed E-state index contributed by atoms with van der Waals surface area (Å²) in [4.78, 5) is 26.6. The minimum atomic E-state index is -0.156. The Morgan fingerprint density at radius 2 is 2.31 bits per heavy atom. The predicted molar refractivity (Wildman–Crippen MR) is 60.0 cm³/mol. The maximum Gasteiger partial charge on any atom is 0.222 e. The van der Waals surface area contributed by atoms with Crippen LogP contribution in [0.2, 0.25) is 0 Å². The summed E-state index contributed by atoms with van der Waals surface area (Å²) in [5.41, 5.74) is 1.25. The summed E-state index contributed by atoms with van der Waals surface area (Å²) in [5, 5.41) is 2.67. The molecule has 0 fully saturated rings. The van der Waals surface area contributed by atoms with Gasteiger partial charge in [0.25, 0.3) is 0 Å². The van der Waals surface area contributed by atoms with Gasteiger partial charge in [0.15, 0.2) is 11.5 Å². The van der Waals surface area contributed by atoms with Crippen LogP contribution in [0.5, 0.6) is 0 Å². The molecule has 6 heteroatoms. The smallest absolute Gasteiger partial charge is 0.222 e. The van der Waals surface area contributed by atoms with Crippen molar-refractivity contribution in [3.05, 3.63) is 12.2 Å². The van der Waals surface area contributed by atoms with E-state index in [2.05, 4.69) is 32.2 Å². The van der Waals surface area contributed by atoms with Crippen LogP contribution in [0.1, 0.15) is 26.1 Å². The summed E-state index contributed by atoms with van der Waals surface area (Å²) in [6, 6.07) is 0. The second kappa shape index (κ2) is 4.26. The lowest BCUT2D eigenvalue weighted by molar-refractivity contribution is -0.114. The molecule has 84 valence electrons. The van der Waals surface area contributed by atoms with Crippen LogP contribution in [0, 0.1) is 0 Å². The zero-order valence-corrected chi connectivity index (χ0v) is 9.24. The number of nitrogens with zero attached hydrogens (tertiary/aromatic N) is 3. The summed E-state index contributed by atoms with van der Waals surface area (Å²) < 4.78 is 0. The van der Waals surface area contributed by atoms with Gasteiger partial charge in [-0.2, -0.15) is 0 Å². The Morgan fingerprint density at radius 3 is 3.00 bits per heavy atom. The fraction of sp³-hybridized carbons (Fsp3) is 0.400. The van der Waals surface area contributed by atoms with Crippen LogP contribution in [0.25, 0.3) is 11.2 Å². The first-order valence-corrected chi connectivity index (χ1v) is 5.18. The van der Waals surface area contributed by atoms with E-state index >= 15 is 0 Å². The summed E-state index contributed by atoms with van der Waals surface area (Å²) in [7, 11) is 0. The summed E-state index contributed by atoms with van der Waals surface area (Å²) in [6.45, 7) is 3.50. The Hall–Kier alpha value is -1.98. The minimum Gasteiger partial charge on any atom is -0.340 e. The van der Waals surface area contributed by atoms with E-state index in [4.69, 9.17) is 0 Å². The molecule has 16 heavy (non-hydrogen) atoms. The van der Waals surface area contributed by atoms with Gasteiger partial charge in [0.1, 0.15) is 11.3 Å². The van der Waals surface area contributed by atoms with Gasteiger partial charge in [-0.15, -0.1) is 0 Å². The topological polar surface area (TPSA) is 83.6 Å². The molecule has 0 radical (unpaired) electrons. The number of imidazole rings is 1. The molecular weight excluding hydrogens is 206 g/mol. The van der Waals surface area contributed by atoms with Crippen LogP contribution in [0.3, 0.4) is 0 Å². The van der Waals surface area contributed by atoms with Crippen LogP contribution in [-0.2, 0) is 11.2 Å². The first-order chi connectivity index (χ1) is 7.70. The third-order valence-corrected chi connectivity index (χ3v) is 2.10. The van der Waals surface area contributed by atoms with Crippen LogP contribution in [-0.4, -0.2) is 25.8 Å². The molecule has 0 saturated carbocycles. The number of carbonyl (C=O) groups excluding carboxylic acids is 1. The number of hydrogen-bond donors (Lipinski definition) is 2. The van der Waals surface area contributed by atoms with Crippen LogP contribution >= 0.6 is 0 Å². The van der Waals surface area contributed by atoms with Crippen LogP contribution < -0.4 is 5.32 Å². The number of carbonyl (C=O) groups is 1. The van der Waals surface area contributed by atoms with Gasteiger partial charge in [0.2, 0.25) is 5.91 Å². The molecule has 1 amide bonds. The molecule has 0 bridgehead atoms. The molecule has 0 atom stereocenters. The molecule has 6 nitrogen and oxygen atoms in total. The Balaban J connectivity index is 2.49. The van der Waals surface area contributed by atoms with Crippen molar-refractivity contribution in [2.24, 2.45) is 0 Å². The highest BCUT2D eigenvalue weighted by atomic mass is 16.1. The largest absolute Gasteiger partial charge is 0.340 e. The van der Waals surface area contributed by atoms with E-state index < -0.39 is 0 Å². The first-order valence-electron chi connectivity index (χ1n) is 5.18. The quantitative estimate of drug-likeness (QED) is 0.814. The minimum absolute atomic E-state index is 0.156. The molecule has 2 aromatic heterocycles. The molecule has 0 spiro atoms. The highest BCUT2D eigenvalue weighted by Crippen LogP contribution is 2.16. The Bertz CT molecular complexity index is 519. The molecule has 0 aromatic carbocycles. The summed E-state index contributed by atoms with van der Waals surface area (Å²) >= 11 is 0. The molecule has 0 aliphatic rings. The van der Waals surface area contributed by atoms with E-state index in [1.54, 1.807) is 6.33 Å². The van der Waals surface area contributed by atoms with E-state index in [1.807, 2.05) is 0 Å². The average molecular weight is 219 g/mol. The number of amides is 1. The number of anilines is 1. The number of nitrogens with one attached hydrogen (secondary N) is 2. The maximum absolute atomic E-state index is 11.0. The lowest BCUT2D eigenvalue weighted by Gasteiger charge is -2.04. The number of hydrogen-bond acceptors (Lipinski definition) is 4. The molecule has 2 heterocycles. The van der Waals surface area contributed by atoms with E-state index in [1.165, 1.54) is 6.92 Å². The van der Waals surface area contributed by atoms with E-state index in [9.17, 15) is 4.79 Å². The van der Waals surface area contributed by atoms with Crippen molar-refractivity contribution in [1.29, 1.82) is 0 Å². The van der Waals surface area contributed by atoms with Crippen molar-refractivity contribution < 1.29 is 4.79 Å². The molecule has 0 unspecified atom stereocenters. The average Bonchev–Trinajstić information content (AvgIpc) is 2.65. The lowest BCUT2D eigenvalue weighted by Crippen LogP contribution is -2.10. The first kappa shape index (κ1) is 10.5. The summed E-state index contributed by atoms with van der Waals surface area (Å²) in [6.07, 6.45) is 3.27. The Labute approximate surface area is 92.5 Å². The van der Waals surface area contributed by atoms with Gasteiger partial charge >= 0.3 is 0 Å². The number of fused-ring (bicyclic) bond motifs is 1. The van der Waals surface area contributed by atoms with Crippen molar-refractivity contribution in [2.45, 2.75) is 26.7 Å². The van der Waals surface area contributed by atoms with Crippen molar-refractivity contribution in [3.63, 3.8) is 0 Å². The number of aryl methyl sites for hydroxylation is 1. The van der Waals surface area contributed by atoms with Crippen LogP contribution in [0.15, 0.2) is 6.33 Å². The highest BCUT2D eigenvalue weighted by molar-refractivity contribution is 5.95. The van der Waals surface area contributed by atoms with Gasteiger partial charge < -0.3 is 10.3 Å². The zero-order valence-electron chi connectivity index (χ0n) is 9.24. The molecule has 2 rings (SSSR count). The molecule has 2 N–H and O–H groups in total. The normalized spacial score (nSPS) is 10.6. The predicted octanol–water partition coefficient (Wildman–Crippen LogP) is 1.26. The van der Waals surface area contributed by atoms with E-state index in [0.717, 1.165) is 12.8 Å². The molecular formula is C10H13N5O. The fourth-order valence-corrected chi connectivity index (χ4v) is 1.47. The lowest BCUT2D eigenvalue weighted by atomic mass is 10.3. The van der Waals surface area contributed by atoms with Gasteiger partial charge in [-0.05, 0) is 6.42 Å². The third kappa shape index (κ3) is 2.00. The third-order valence-electron chi connectivity index (χ3n) is 2.10. The monoisotopic (exact) mass is 219 g/mol. The van der Waals surface area contributed by atoms with Gasteiger partial charge in [0, 0.05) is 13.3 Å². The standard InChI is InChI=1S/C10H13N5O/c1-3-4-7-14-9-8(11-5-12-9)10(15-7)13-6(2)16/h5H,3-4H2,1-2H3,(H2,11,12,13,14,15,16). The van der Waals surface area contributed by atoms with Crippen LogP contribution in [0.4, 0.5) is 5.82 Å². The second-order valence-electron chi connectivity index (χ2n) is 3.52. The fourth-order valence-electron chi connectivity index (χ4n) is 1.47. The Morgan fingerprint density at radius 1 is 1.50 bits per heavy atom. The van der Waals surface area contributed by atoms with Gasteiger partial charge in [-0.1, -0.05) is 6.92 Å². The number of aromatic nitrogens is 4. The zero-order chi connectivity index (χ0) is 11.5. The molecule has 2 aromatic rings. The molecule has 0 aliphatic heterocycles. The second-order valence-corrected chi connectivity index (χ2v) is 3.52. The molecule has 0 aliphatic carbocycles. The maximum atomic E-state index is 11.0. The van der Waals surface area contributed by atoms with Gasteiger partial charge in [-0.25, -0.2) is 15.0 Å².